The minimum absolute atomic E-state index is 0.0745. The Balaban J connectivity index is 2.05. The normalized spacial score (nSPS) is 11.5. The van der Waals surface area contributed by atoms with Crippen LogP contribution in [0.25, 0.3) is 11.5 Å². The molecule has 0 spiro atoms. The first kappa shape index (κ1) is 21.3. The van der Waals surface area contributed by atoms with Gasteiger partial charge in [-0.25, -0.2) is 0 Å². The van der Waals surface area contributed by atoms with Crippen LogP contribution in [0.1, 0.15) is 11.1 Å². The quantitative estimate of drug-likeness (QED) is 0.262. The lowest BCUT2D eigenvalue weighted by molar-refractivity contribution is -0.575. The largest absolute Gasteiger partial charge is 0.502 e. The molecule has 0 unspecified atom stereocenters. The highest BCUT2D eigenvalue weighted by molar-refractivity contribution is 7.81. The van der Waals surface area contributed by atoms with Crippen LogP contribution in [-0.4, -0.2) is 31.3 Å². The van der Waals surface area contributed by atoms with Crippen LogP contribution >= 0.6 is 12.2 Å². The van der Waals surface area contributed by atoms with Gasteiger partial charge in [-0.1, -0.05) is 24.4 Å². The molecule has 6 heteroatoms. The van der Waals surface area contributed by atoms with Crippen molar-refractivity contribution >= 4 is 40.0 Å². The van der Waals surface area contributed by atoms with Gasteiger partial charge in [-0.3, -0.25) is 0 Å². The number of aliphatic hydroxyl groups is 1. The number of anilines is 2. The first-order valence-corrected chi connectivity index (χ1v) is 9.94. The molecule has 0 fully saturated rings. The molecule has 0 aliphatic rings. The van der Waals surface area contributed by atoms with E-state index < -0.39 is 0 Å². The fraction of sp³-hybridized carbons (Fsp3) is 0.167. The highest BCUT2D eigenvalue weighted by atomic mass is 32.1. The summed E-state index contributed by atoms with van der Waals surface area (Å²) in [5.74, 6) is 0.793. The number of pyridine rings is 1. The molecule has 30 heavy (non-hydrogen) atoms. The second kappa shape index (κ2) is 9.41. The summed E-state index contributed by atoms with van der Waals surface area (Å²) in [6.45, 7) is 2.02. The predicted molar refractivity (Wildman–Crippen MR) is 127 cm³/mol. The Morgan fingerprint density at radius 3 is 2.27 bits per heavy atom. The van der Waals surface area contributed by atoms with Gasteiger partial charge in [0.25, 0.3) is 5.70 Å². The number of methoxy groups -OCH3 is 1. The maximum absolute atomic E-state index is 11.2. The van der Waals surface area contributed by atoms with Crippen molar-refractivity contribution in [2.24, 2.45) is 0 Å². The maximum Gasteiger partial charge on any atom is 0.288 e. The van der Waals surface area contributed by atoms with Crippen molar-refractivity contribution in [2.45, 2.75) is 6.92 Å². The standard InChI is InChI=1S/C24H25N3O2S/c1-17-6-5-7-19(16-17)25-24(30)22(27-14-12-20(13-15-27)26(2)3)23(28)18-8-10-21(29-4)11-9-18/h5-16H,1-4H3,(H-,25,28,30)/p+1. The van der Waals surface area contributed by atoms with Crippen LogP contribution in [0.4, 0.5) is 11.4 Å². The molecule has 0 saturated carbocycles. The summed E-state index contributed by atoms with van der Waals surface area (Å²) in [6, 6.07) is 19.1. The van der Waals surface area contributed by atoms with Gasteiger partial charge in [0.05, 0.1) is 7.11 Å². The number of aryl methyl sites for hydroxylation is 1. The number of nitrogens with one attached hydrogen (secondary N) is 1. The summed E-state index contributed by atoms with van der Waals surface area (Å²) in [4.78, 5) is 2.43. The predicted octanol–water partition coefficient (Wildman–Crippen LogP) is 4.68. The van der Waals surface area contributed by atoms with Crippen molar-refractivity contribution in [1.82, 2.24) is 0 Å². The van der Waals surface area contributed by atoms with Crippen LogP contribution < -0.4 is 19.5 Å². The number of ether oxygens (including phenoxy) is 1. The average molecular weight is 421 g/mol. The van der Waals surface area contributed by atoms with Crippen LogP contribution in [0, 0.1) is 6.92 Å². The number of aromatic nitrogens is 1. The van der Waals surface area contributed by atoms with E-state index >= 15 is 0 Å². The molecule has 0 bridgehead atoms. The number of thiocarbonyl (C=S) groups is 1. The number of aliphatic hydroxyl groups excluding tert-OH is 1. The van der Waals surface area contributed by atoms with Gasteiger partial charge in [-0.05, 0) is 48.9 Å². The molecule has 3 rings (SSSR count). The van der Waals surface area contributed by atoms with E-state index in [1.807, 2.05) is 79.3 Å². The van der Waals surface area contributed by atoms with Crippen molar-refractivity contribution in [3.8, 4) is 5.75 Å². The molecule has 0 saturated heterocycles. The molecule has 0 radical (unpaired) electrons. The van der Waals surface area contributed by atoms with Crippen molar-refractivity contribution < 1.29 is 14.4 Å². The SMILES string of the molecule is COc1ccc(/C(O)=C(/C(=S)Nc2cccc(C)c2)[n+]2ccc(N(C)C)cc2)cc1. The smallest absolute Gasteiger partial charge is 0.288 e. The van der Waals surface area contributed by atoms with Crippen molar-refractivity contribution in [2.75, 3.05) is 31.4 Å². The fourth-order valence-corrected chi connectivity index (χ4v) is 3.33. The molecule has 0 aliphatic heterocycles. The Labute approximate surface area is 182 Å². The molecule has 2 N–H and O–H groups in total. The Morgan fingerprint density at radius 2 is 1.70 bits per heavy atom. The van der Waals surface area contributed by atoms with Gasteiger partial charge in [0.2, 0.25) is 0 Å². The van der Waals surface area contributed by atoms with Crippen LogP contribution in [0.2, 0.25) is 0 Å². The number of hydrogen-bond donors (Lipinski definition) is 2. The molecule has 5 nitrogen and oxygen atoms in total. The van der Waals surface area contributed by atoms with Crippen LogP contribution in [0.3, 0.4) is 0 Å². The summed E-state index contributed by atoms with van der Waals surface area (Å²) >= 11 is 5.71. The first-order chi connectivity index (χ1) is 14.4. The third-order valence-electron chi connectivity index (χ3n) is 4.67. The van der Waals surface area contributed by atoms with E-state index in [-0.39, 0.29) is 5.76 Å². The number of benzene rings is 2. The molecule has 1 aromatic heterocycles. The molecular formula is C24H26N3O2S+. The third kappa shape index (κ3) is 4.96. The molecule has 0 atom stereocenters. The Morgan fingerprint density at radius 1 is 1.03 bits per heavy atom. The second-order valence-electron chi connectivity index (χ2n) is 7.11. The lowest BCUT2D eigenvalue weighted by Gasteiger charge is -2.13. The van der Waals surface area contributed by atoms with E-state index in [1.165, 1.54) is 0 Å². The zero-order valence-corrected chi connectivity index (χ0v) is 18.4. The van der Waals surface area contributed by atoms with Crippen LogP contribution in [0.5, 0.6) is 5.75 Å². The summed E-state index contributed by atoms with van der Waals surface area (Å²) in [6.07, 6.45) is 3.77. The Bertz CT molecular complexity index is 1060. The number of nitrogens with zero attached hydrogens (tertiary/aromatic N) is 2. The van der Waals surface area contributed by atoms with Crippen LogP contribution in [0.15, 0.2) is 73.1 Å². The van der Waals surface area contributed by atoms with E-state index in [0.717, 1.165) is 22.7 Å². The summed E-state index contributed by atoms with van der Waals surface area (Å²) in [5, 5.41) is 14.4. The highest BCUT2D eigenvalue weighted by Gasteiger charge is 2.24. The van der Waals surface area contributed by atoms with E-state index in [0.29, 0.717) is 16.2 Å². The molecule has 1 heterocycles. The molecule has 3 aromatic rings. The van der Waals surface area contributed by atoms with Crippen molar-refractivity contribution in [3.63, 3.8) is 0 Å². The van der Waals surface area contributed by atoms with Gasteiger partial charge in [0.1, 0.15) is 5.75 Å². The van der Waals surface area contributed by atoms with Gasteiger partial charge >= 0.3 is 0 Å². The zero-order chi connectivity index (χ0) is 21.7. The summed E-state index contributed by atoms with van der Waals surface area (Å²) in [5.41, 5.74) is 4.17. The van der Waals surface area contributed by atoms with E-state index in [9.17, 15) is 5.11 Å². The summed E-state index contributed by atoms with van der Waals surface area (Å²) < 4.78 is 7.04. The molecule has 2 aromatic carbocycles. The van der Waals surface area contributed by atoms with Crippen molar-refractivity contribution in [3.05, 3.63) is 84.2 Å². The second-order valence-corrected chi connectivity index (χ2v) is 7.52. The summed E-state index contributed by atoms with van der Waals surface area (Å²) in [7, 11) is 5.57. The van der Waals surface area contributed by atoms with E-state index in [1.54, 1.807) is 31.4 Å². The zero-order valence-electron chi connectivity index (χ0n) is 17.6. The minimum atomic E-state index is 0.0745. The monoisotopic (exact) mass is 420 g/mol. The molecular weight excluding hydrogens is 394 g/mol. The molecule has 0 amide bonds. The van der Waals surface area contributed by atoms with Gasteiger partial charge in [0, 0.05) is 43.2 Å². The topological polar surface area (TPSA) is 48.6 Å². The van der Waals surface area contributed by atoms with E-state index in [4.69, 9.17) is 17.0 Å². The lowest BCUT2D eigenvalue weighted by atomic mass is 10.1. The molecule has 0 aliphatic carbocycles. The minimum Gasteiger partial charge on any atom is -0.502 e. The van der Waals surface area contributed by atoms with Gasteiger partial charge in [-0.2, -0.15) is 4.57 Å². The maximum atomic E-state index is 11.2. The number of rotatable bonds is 6. The van der Waals surface area contributed by atoms with E-state index in [2.05, 4.69) is 5.32 Å². The lowest BCUT2D eigenvalue weighted by Crippen LogP contribution is -2.38. The van der Waals surface area contributed by atoms with Crippen molar-refractivity contribution in [1.29, 1.82) is 0 Å². The highest BCUT2D eigenvalue weighted by Crippen LogP contribution is 2.22. The first-order valence-electron chi connectivity index (χ1n) is 9.53. The Hall–Kier alpha value is -3.38. The fourth-order valence-electron chi connectivity index (χ4n) is 3.01. The van der Waals surface area contributed by atoms with Gasteiger partial charge < -0.3 is 20.1 Å². The number of hydrogen-bond acceptors (Lipinski definition) is 4. The van der Waals surface area contributed by atoms with Crippen LogP contribution in [-0.2, 0) is 0 Å². The molecule has 154 valence electrons. The van der Waals surface area contributed by atoms with Gasteiger partial charge in [-0.15, -0.1) is 0 Å². The average Bonchev–Trinajstić information content (AvgIpc) is 2.74. The van der Waals surface area contributed by atoms with Gasteiger partial charge in [0.15, 0.2) is 23.1 Å². The third-order valence-corrected chi connectivity index (χ3v) is 4.96. The Kier molecular flexibility index (Phi) is 6.69.